The highest BCUT2D eigenvalue weighted by molar-refractivity contribution is 7.99. The van der Waals surface area contributed by atoms with Gasteiger partial charge in [-0.3, -0.25) is 0 Å². The number of fused-ring (bicyclic) bond motifs is 1. The molecule has 3 aromatic rings. The van der Waals surface area contributed by atoms with E-state index in [0.717, 1.165) is 39.5 Å². The predicted octanol–water partition coefficient (Wildman–Crippen LogP) is 4.69. The van der Waals surface area contributed by atoms with Crippen molar-refractivity contribution in [2.24, 2.45) is 0 Å². The molecule has 2 N–H and O–H groups in total. The molecular formula is C18H16ClN3OS. The molecule has 122 valence electrons. The zero-order valence-electron chi connectivity index (χ0n) is 12.9. The van der Waals surface area contributed by atoms with E-state index in [2.05, 4.69) is 27.1 Å². The van der Waals surface area contributed by atoms with E-state index in [1.807, 2.05) is 18.2 Å². The number of pyridine rings is 2. The Bertz CT molecular complexity index is 904. The molecule has 0 saturated carbocycles. The second-order valence-corrected chi connectivity index (χ2v) is 7.27. The highest BCUT2D eigenvalue weighted by Gasteiger charge is 2.20. The van der Waals surface area contributed by atoms with Crippen LogP contribution in [-0.4, -0.2) is 26.2 Å². The van der Waals surface area contributed by atoms with Gasteiger partial charge in [0.25, 0.3) is 0 Å². The molecule has 0 fully saturated rings. The first-order valence-corrected chi connectivity index (χ1v) is 9.04. The van der Waals surface area contributed by atoms with Gasteiger partial charge in [0.1, 0.15) is 10.7 Å². The lowest BCUT2D eigenvalue weighted by Crippen LogP contribution is -2.10. The van der Waals surface area contributed by atoms with E-state index in [1.54, 1.807) is 24.2 Å². The van der Waals surface area contributed by atoms with E-state index in [9.17, 15) is 5.11 Å². The maximum absolute atomic E-state index is 9.75. The Kier molecular flexibility index (Phi) is 4.31. The second-order valence-electron chi connectivity index (χ2n) is 5.80. The molecule has 4 nitrogen and oxygen atoms in total. The lowest BCUT2D eigenvalue weighted by Gasteiger charge is -2.17. The molecule has 1 aliphatic carbocycles. The number of hydrogen-bond acceptors (Lipinski definition) is 4. The summed E-state index contributed by atoms with van der Waals surface area (Å²) in [6, 6.07) is 7.78. The first kappa shape index (κ1) is 15.7. The van der Waals surface area contributed by atoms with Gasteiger partial charge in [0, 0.05) is 22.7 Å². The van der Waals surface area contributed by atoms with Gasteiger partial charge in [0.2, 0.25) is 0 Å². The molecular weight excluding hydrogens is 342 g/mol. The molecule has 6 heteroatoms. The van der Waals surface area contributed by atoms with Crippen LogP contribution >= 0.6 is 23.4 Å². The van der Waals surface area contributed by atoms with E-state index in [1.165, 1.54) is 5.57 Å². The van der Waals surface area contributed by atoms with Crippen LogP contribution in [0.15, 0.2) is 52.7 Å². The summed E-state index contributed by atoms with van der Waals surface area (Å²) in [6.07, 6.45) is 7.68. The van der Waals surface area contributed by atoms with Crippen LogP contribution in [0.4, 0.5) is 0 Å². The highest BCUT2D eigenvalue weighted by Crippen LogP contribution is 2.40. The summed E-state index contributed by atoms with van der Waals surface area (Å²) in [7, 11) is 0. The summed E-state index contributed by atoms with van der Waals surface area (Å²) in [6.45, 7) is 0. The molecule has 3 aromatic heterocycles. The van der Waals surface area contributed by atoms with Crippen LogP contribution in [0.25, 0.3) is 16.6 Å². The molecule has 0 radical (unpaired) electrons. The van der Waals surface area contributed by atoms with Crippen LogP contribution in [0.5, 0.6) is 0 Å². The van der Waals surface area contributed by atoms with Crippen LogP contribution in [0.3, 0.4) is 0 Å². The Morgan fingerprint density at radius 2 is 2.17 bits per heavy atom. The zero-order chi connectivity index (χ0) is 16.5. The van der Waals surface area contributed by atoms with E-state index in [0.29, 0.717) is 11.4 Å². The van der Waals surface area contributed by atoms with E-state index in [4.69, 9.17) is 11.6 Å². The van der Waals surface area contributed by atoms with E-state index < -0.39 is 0 Å². The monoisotopic (exact) mass is 357 g/mol. The first-order chi connectivity index (χ1) is 11.7. The van der Waals surface area contributed by atoms with Gasteiger partial charge in [-0.2, -0.15) is 0 Å². The quantitative estimate of drug-likeness (QED) is 0.713. The van der Waals surface area contributed by atoms with Crippen molar-refractivity contribution in [1.82, 2.24) is 15.0 Å². The summed E-state index contributed by atoms with van der Waals surface area (Å²) >= 11 is 7.54. The minimum atomic E-state index is -0.231. The van der Waals surface area contributed by atoms with Crippen LogP contribution in [0.2, 0.25) is 5.02 Å². The third-order valence-electron chi connectivity index (χ3n) is 4.13. The van der Waals surface area contributed by atoms with Gasteiger partial charge in [-0.05, 0) is 49.1 Å². The number of aliphatic hydroxyl groups is 1. The minimum absolute atomic E-state index is 0.231. The van der Waals surface area contributed by atoms with Crippen LogP contribution < -0.4 is 0 Å². The van der Waals surface area contributed by atoms with Crippen molar-refractivity contribution < 1.29 is 5.11 Å². The number of halogens is 1. The lowest BCUT2D eigenvalue weighted by atomic mass is 9.95. The van der Waals surface area contributed by atoms with Crippen LogP contribution in [-0.2, 0) is 0 Å². The molecule has 0 aliphatic heterocycles. The molecule has 3 heterocycles. The normalized spacial score (nSPS) is 17.9. The number of aliphatic hydroxyl groups excluding tert-OH is 1. The second kappa shape index (κ2) is 6.59. The molecule has 0 aromatic carbocycles. The molecule has 1 aliphatic rings. The van der Waals surface area contributed by atoms with E-state index >= 15 is 0 Å². The van der Waals surface area contributed by atoms with Gasteiger partial charge in [-0.25, -0.2) is 9.97 Å². The van der Waals surface area contributed by atoms with Crippen molar-refractivity contribution >= 4 is 40.0 Å². The Labute approximate surface area is 149 Å². The number of allylic oxidation sites excluding steroid dienone is 1. The fourth-order valence-electron chi connectivity index (χ4n) is 2.90. The lowest BCUT2D eigenvalue weighted by molar-refractivity contribution is 0.166. The SMILES string of the molecule is OC1CC=C(c2[nH]c3ncccc3c2Sc2ccc(Cl)cn2)CC1. The molecule has 24 heavy (non-hydrogen) atoms. The van der Waals surface area contributed by atoms with Crippen LogP contribution in [0.1, 0.15) is 25.0 Å². The molecule has 4 rings (SSSR count). The number of nitrogens with one attached hydrogen (secondary N) is 1. The van der Waals surface area contributed by atoms with Crippen molar-refractivity contribution in [3.63, 3.8) is 0 Å². The maximum atomic E-state index is 9.75. The molecule has 1 atom stereocenters. The average molecular weight is 358 g/mol. The molecule has 0 saturated heterocycles. The third-order valence-corrected chi connectivity index (χ3v) is 5.44. The van der Waals surface area contributed by atoms with Gasteiger partial charge < -0.3 is 10.1 Å². The summed E-state index contributed by atoms with van der Waals surface area (Å²) in [5, 5.41) is 12.4. The van der Waals surface area contributed by atoms with Crippen LogP contribution in [0, 0.1) is 0 Å². The van der Waals surface area contributed by atoms with E-state index in [-0.39, 0.29) is 6.10 Å². The average Bonchev–Trinajstić information content (AvgIpc) is 2.96. The summed E-state index contributed by atoms with van der Waals surface area (Å²) in [5.41, 5.74) is 3.18. The largest absolute Gasteiger partial charge is 0.393 e. The van der Waals surface area contributed by atoms with Crippen molar-refractivity contribution in [3.8, 4) is 0 Å². The van der Waals surface area contributed by atoms with Crippen molar-refractivity contribution in [1.29, 1.82) is 0 Å². The summed E-state index contributed by atoms with van der Waals surface area (Å²) < 4.78 is 0. The number of aromatic nitrogens is 3. The number of rotatable bonds is 3. The van der Waals surface area contributed by atoms with Crippen molar-refractivity contribution in [3.05, 3.63) is 53.5 Å². The Morgan fingerprint density at radius 1 is 1.25 bits per heavy atom. The fourth-order valence-corrected chi connectivity index (χ4v) is 4.03. The number of nitrogens with zero attached hydrogens (tertiary/aromatic N) is 2. The third kappa shape index (κ3) is 3.07. The van der Waals surface area contributed by atoms with Gasteiger partial charge in [-0.15, -0.1) is 0 Å². The Balaban J connectivity index is 1.79. The highest BCUT2D eigenvalue weighted by atomic mass is 35.5. The Hall–Kier alpha value is -1.82. The molecule has 1 unspecified atom stereocenters. The summed E-state index contributed by atoms with van der Waals surface area (Å²) in [4.78, 5) is 13.4. The zero-order valence-corrected chi connectivity index (χ0v) is 14.4. The summed E-state index contributed by atoms with van der Waals surface area (Å²) in [5.74, 6) is 0. The number of aromatic amines is 1. The molecule has 0 amide bonds. The Morgan fingerprint density at radius 3 is 2.92 bits per heavy atom. The standard InChI is InChI=1S/C18H16ClN3OS/c19-12-5-8-15(21-10-12)24-17-14-2-1-9-20-18(14)22-16(17)11-3-6-13(23)7-4-11/h1-3,5,8-10,13,23H,4,6-7H2,(H,20,22). The van der Waals surface area contributed by atoms with Crippen molar-refractivity contribution in [2.75, 3.05) is 0 Å². The predicted molar refractivity (Wildman–Crippen MR) is 97.3 cm³/mol. The van der Waals surface area contributed by atoms with Gasteiger partial charge in [0.05, 0.1) is 16.8 Å². The topological polar surface area (TPSA) is 61.8 Å². The minimum Gasteiger partial charge on any atom is -0.393 e. The smallest absolute Gasteiger partial charge is 0.138 e. The fraction of sp³-hybridized carbons (Fsp3) is 0.222. The number of hydrogen-bond donors (Lipinski definition) is 2. The van der Waals surface area contributed by atoms with Gasteiger partial charge in [-0.1, -0.05) is 29.4 Å². The van der Waals surface area contributed by atoms with Crippen molar-refractivity contribution in [2.45, 2.75) is 35.3 Å². The molecule has 0 spiro atoms. The maximum Gasteiger partial charge on any atom is 0.138 e. The number of H-pyrrole nitrogens is 1. The van der Waals surface area contributed by atoms with Gasteiger partial charge >= 0.3 is 0 Å². The first-order valence-electron chi connectivity index (χ1n) is 7.84. The molecule has 0 bridgehead atoms. The van der Waals surface area contributed by atoms with Gasteiger partial charge in [0.15, 0.2) is 0 Å².